The summed E-state index contributed by atoms with van der Waals surface area (Å²) in [5.41, 5.74) is 1.84. The molecule has 1 aliphatic rings. The Morgan fingerprint density at radius 3 is 2.42 bits per heavy atom. The van der Waals surface area contributed by atoms with Gasteiger partial charge in [-0.25, -0.2) is 9.97 Å². The number of amides is 1. The van der Waals surface area contributed by atoms with Crippen LogP contribution >= 0.6 is 11.8 Å². The number of ether oxygens (including phenoxy) is 1. The van der Waals surface area contributed by atoms with Gasteiger partial charge >= 0.3 is 6.18 Å². The normalized spacial score (nSPS) is 19.0. The number of anilines is 2. The second-order valence-corrected chi connectivity index (χ2v) is 8.88. The standard InChI is InChI=1S/C23H23F3N4O2S/c1-14-11-30(12-15(2)32-14)17-9-7-16(8-10-17)27-20(31)13-33-21-18-5-3-4-6-19(18)28-22(29-21)23(24,25)26/h3-10,14-15H,11-13H2,1-2H3,(H,27,31). The molecule has 1 aromatic heterocycles. The fraction of sp³-hybridized carbons (Fsp3) is 0.348. The Hall–Kier alpha value is -2.85. The summed E-state index contributed by atoms with van der Waals surface area (Å²) >= 11 is 0.949. The number of morpholine rings is 1. The monoisotopic (exact) mass is 476 g/mol. The summed E-state index contributed by atoms with van der Waals surface area (Å²) in [5.74, 6) is -1.64. The molecule has 1 fully saturated rings. The third-order valence-electron chi connectivity index (χ3n) is 5.10. The molecule has 10 heteroatoms. The molecule has 0 bridgehead atoms. The maximum atomic E-state index is 13.2. The Morgan fingerprint density at radius 1 is 1.09 bits per heavy atom. The summed E-state index contributed by atoms with van der Waals surface area (Å²) < 4.78 is 45.3. The summed E-state index contributed by atoms with van der Waals surface area (Å²) in [6.07, 6.45) is -4.39. The number of nitrogens with zero attached hydrogens (tertiary/aromatic N) is 3. The van der Waals surface area contributed by atoms with E-state index in [4.69, 9.17) is 4.74 Å². The molecule has 2 aromatic carbocycles. The van der Waals surface area contributed by atoms with E-state index in [2.05, 4.69) is 20.2 Å². The van der Waals surface area contributed by atoms with E-state index in [1.54, 1.807) is 18.2 Å². The minimum absolute atomic E-state index is 0.0848. The first kappa shape index (κ1) is 23.3. The highest BCUT2D eigenvalue weighted by Gasteiger charge is 2.35. The molecule has 3 aromatic rings. The first-order chi connectivity index (χ1) is 15.7. The van der Waals surface area contributed by atoms with Crippen LogP contribution in [0.3, 0.4) is 0 Å². The highest BCUT2D eigenvalue weighted by molar-refractivity contribution is 8.00. The van der Waals surface area contributed by atoms with Crippen molar-refractivity contribution < 1.29 is 22.7 Å². The number of para-hydroxylation sites is 1. The predicted octanol–water partition coefficient (Wildman–Crippen LogP) is 4.99. The van der Waals surface area contributed by atoms with Gasteiger partial charge < -0.3 is 15.0 Å². The average Bonchev–Trinajstić information content (AvgIpc) is 2.76. The smallest absolute Gasteiger partial charge is 0.372 e. The molecule has 33 heavy (non-hydrogen) atoms. The van der Waals surface area contributed by atoms with Crippen LogP contribution in [0.2, 0.25) is 0 Å². The first-order valence-electron chi connectivity index (χ1n) is 10.5. The van der Waals surface area contributed by atoms with E-state index >= 15 is 0 Å². The number of aromatic nitrogens is 2. The maximum absolute atomic E-state index is 13.2. The largest absolute Gasteiger partial charge is 0.451 e. The summed E-state index contributed by atoms with van der Waals surface area (Å²) in [4.78, 5) is 21.9. The Morgan fingerprint density at radius 2 is 1.76 bits per heavy atom. The van der Waals surface area contributed by atoms with Crippen molar-refractivity contribution in [2.45, 2.75) is 37.3 Å². The van der Waals surface area contributed by atoms with Crippen LogP contribution in [0.25, 0.3) is 10.9 Å². The number of carbonyl (C=O) groups excluding carboxylic acids is 1. The number of halogens is 3. The maximum Gasteiger partial charge on any atom is 0.451 e. The van der Waals surface area contributed by atoms with Gasteiger partial charge in [-0.1, -0.05) is 30.0 Å². The zero-order chi connectivity index (χ0) is 23.6. The molecule has 1 saturated heterocycles. The Kier molecular flexibility index (Phi) is 6.76. The minimum Gasteiger partial charge on any atom is -0.372 e. The van der Waals surface area contributed by atoms with Crippen LogP contribution in [0.5, 0.6) is 0 Å². The van der Waals surface area contributed by atoms with Gasteiger partial charge in [-0.05, 0) is 44.2 Å². The summed E-state index contributed by atoms with van der Waals surface area (Å²) in [6.45, 7) is 5.65. The molecule has 0 aliphatic carbocycles. The average molecular weight is 477 g/mol. The van der Waals surface area contributed by atoms with E-state index in [0.717, 1.165) is 30.5 Å². The molecule has 6 nitrogen and oxygen atoms in total. The quantitative estimate of drug-likeness (QED) is 0.413. The van der Waals surface area contributed by atoms with Crippen LogP contribution in [0.15, 0.2) is 53.6 Å². The molecule has 0 spiro atoms. The van der Waals surface area contributed by atoms with Gasteiger partial charge in [-0.3, -0.25) is 4.79 Å². The summed E-state index contributed by atoms with van der Waals surface area (Å²) in [6, 6.07) is 13.9. The van der Waals surface area contributed by atoms with Crippen molar-refractivity contribution in [1.82, 2.24) is 9.97 Å². The molecule has 2 unspecified atom stereocenters. The third-order valence-corrected chi connectivity index (χ3v) is 6.09. The van der Waals surface area contributed by atoms with Crippen molar-refractivity contribution in [3.63, 3.8) is 0 Å². The highest BCUT2D eigenvalue weighted by atomic mass is 32.2. The van der Waals surface area contributed by atoms with Gasteiger partial charge in [0.2, 0.25) is 11.7 Å². The molecule has 4 rings (SSSR count). The van der Waals surface area contributed by atoms with Gasteiger partial charge in [-0.15, -0.1) is 0 Å². The number of hydrogen-bond donors (Lipinski definition) is 1. The van der Waals surface area contributed by atoms with E-state index in [1.165, 1.54) is 6.07 Å². The van der Waals surface area contributed by atoms with E-state index in [-0.39, 0.29) is 34.4 Å². The zero-order valence-corrected chi connectivity index (χ0v) is 18.9. The van der Waals surface area contributed by atoms with Crippen molar-refractivity contribution in [3.05, 3.63) is 54.4 Å². The number of rotatable bonds is 5. The minimum atomic E-state index is -4.67. The van der Waals surface area contributed by atoms with Gasteiger partial charge in [0, 0.05) is 29.9 Å². The van der Waals surface area contributed by atoms with E-state index < -0.39 is 12.0 Å². The van der Waals surface area contributed by atoms with Crippen molar-refractivity contribution in [1.29, 1.82) is 0 Å². The number of fused-ring (bicyclic) bond motifs is 1. The Bertz CT molecular complexity index is 1130. The van der Waals surface area contributed by atoms with Gasteiger partial charge in [0.15, 0.2) is 0 Å². The van der Waals surface area contributed by atoms with E-state index in [9.17, 15) is 18.0 Å². The van der Waals surface area contributed by atoms with Crippen LogP contribution < -0.4 is 10.2 Å². The summed E-state index contributed by atoms with van der Waals surface area (Å²) in [5, 5.41) is 3.38. The molecule has 0 radical (unpaired) electrons. The van der Waals surface area contributed by atoms with E-state index in [0.29, 0.717) is 11.1 Å². The number of carbonyl (C=O) groups is 1. The fourth-order valence-corrected chi connectivity index (χ4v) is 4.58. The van der Waals surface area contributed by atoms with Crippen LogP contribution in [0.1, 0.15) is 19.7 Å². The lowest BCUT2D eigenvalue weighted by atomic mass is 10.2. The SMILES string of the molecule is CC1CN(c2ccc(NC(=O)CSc3nc(C(F)(F)F)nc4ccccc34)cc2)CC(C)O1. The predicted molar refractivity (Wildman–Crippen MR) is 123 cm³/mol. The lowest BCUT2D eigenvalue weighted by molar-refractivity contribution is -0.145. The van der Waals surface area contributed by atoms with Crippen LogP contribution in [0, 0.1) is 0 Å². The molecule has 2 atom stereocenters. The highest BCUT2D eigenvalue weighted by Crippen LogP contribution is 2.32. The molecule has 2 heterocycles. The number of nitrogens with one attached hydrogen (secondary N) is 1. The number of hydrogen-bond acceptors (Lipinski definition) is 6. The van der Waals surface area contributed by atoms with Gasteiger partial charge in [-0.2, -0.15) is 13.2 Å². The topological polar surface area (TPSA) is 67.4 Å². The van der Waals surface area contributed by atoms with Crippen molar-refractivity contribution in [2.75, 3.05) is 29.1 Å². The number of benzene rings is 2. The first-order valence-corrected chi connectivity index (χ1v) is 11.4. The molecule has 1 amide bonds. The second kappa shape index (κ2) is 9.56. The lowest BCUT2D eigenvalue weighted by Gasteiger charge is -2.36. The molecule has 1 N–H and O–H groups in total. The second-order valence-electron chi connectivity index (χ2n) is 7.91. The zero-order valence-electron chi connectivity index (χ0n) is 18.1. The molecule has 0 saturated carbocycles. The lowest BCUT2D eigenvalue weighted by Crippen LogP contribution is -2.45. The Balaban J connectivity index is 1.41. The van der Waals surface area contributed by atoms with Crippen molar-refractivity contribution in [3.8, 4) is 0 Å². The summed E-state index contributed by atoms with van der Waals surface area (Å²) in [7, 11) is 0. The molecular weight excluding hydrogens is 453 g/mol. The molecule has 174 valence electrons. The fourth-order valence-electron chi connectivity index (χ4n) is 3.76. The third kappa shape index (κ3) is 5.75. The van der Waals surface area contributed by atoms with E-state index in [1.807, 2.05) is 38.1 Å². The van der Waals surface area contributed by atoms with Gasteiger partial charge in [0.1, 0.15) is 5.03 Å². The molecular formula is C23H23F3N4O2S. The van der Waals surface area contributed by atoms with Crippen LogP contribution in [-0.2, 0) is 15.7 Å². The Labute approximate surface area is 193 Å². The van der Waals surface area contributed by atoms with Crippen LogP contribution in [-0.4, -0.2) is 46.9 Å². The van der Waals surface area contributed by atoms with Gasteiger partial charge in [0.05, 0.1) is 23.5 Å². The van der Waals surface area contributed by atoms with Crippen molar-refractivity contribution in [2.24, 2.45) is 0 Å². The number of thioether (sulfide) groups is 1. The van der Waals surface area contributed by atoms with Crippen LogP contribution in [0.4, 0.5) is 24.5 Å². The molecule has 1 aliphatic heterocycles. The number of alkyl halides is 3. The van der Waals surface area contributed by atoms with Gasteiger partial charge in [0.25, 0.3) is 0 Å². The van der Waals surface area contributed by atoms with Crippen molar-refractivity contribution >= 4 is 39.9 Å².